The minimum Gasteiger partial charge on any atom is -0.325 e. The molecule has 0 fully saturated rings. The first-order valence-corrected chi connectivity index (χ1v) is 10.3. The van der Waals surface area contributed by atoms with E-state index in [2.05, 4.69) is 5.32 Å². The number of hydrogen-bond acceptors (Lipinski definition) is 3. The molecule has 0 saturated heterocycles. The zero-order valence-corrected chi connectivity index (χ0v) is 16.8. The van der Waals surface area contributed by atoms with E-state index in [4.69, 9.17) is 23.2 Å². The highest BCUT2D eigenvalue weighted by Crippen LogP contribution is 2.26. The number of amides is 1. The predicted molar refractivity (Wildman–Crippen MR) is 105 cm³/mol. The van der Waals surface area contributed by atoms with Crippen LogP contribution in [0.25, 0.3) is 0 Å². The van der Waals surface area contributed by atoms with Crippen molar-refractivity contribution in [3.63, 3.8) is 0 Å². The molecule has 0 aliphatic rings. The number of hydrogen-bond donors (Lipinski definition) is 1. The average molecular weight is 415 g/mol. The monoisotopic (exact) mass is 414 g/mol. The first-order valence-electron chi connectivity index (χ1n) is 8.06. The Balaban J connectivity index is 2.22. The molecular formula is C18H20Cl2N2O3S. The summed E-state index contributed by atoms with van der Waals surface area (Å²) >= 11 is 11.8. The summed E-state index contributed by atoms with van der Waals surface area (Å²) in [5, 5.41) is 3.17. The molecule has 0 spiro atoms. The maximum absolute atomic E-state index is 12.9. The van der Waals surface area contributed by atoms with Crippen LogP contribution in [0.5, 0.6) is 0 Å². The van der Waals surface area contributed by atoms with Gasteiger partial charge in [-0.2, -0.15) is 4.31 Å². The van der Waals surface area contributed by atoms with Gasteiger partial charge in [-0.15, -0.1) is 0 Å². The Morgan fingerprint density at radius 1 is 1.12 bits per heavy atom. The SMILES string of the molecule is CCCN(CC(=O)Nc1ccccc1C)S(=O)(=O)c1ccc(Cl)c(Cl)c1. The molecule has 0 bridgehead atoms. The second kappa shape index (κ2) is 8.86. The molecule has 0 unspecified atom stereocenters. The van der Waals surface area contributed by atoms with Crippen LogP contribution >= 0.6 is 23.2 Å². The summed E-state index contributed by atoms with van der Waals surface area (Å²) in [6.07, 6.45) is 0.568. The van der Waals surface area contributed by atoms with Gasteiger partial charge in [0.1, 0.15) is 0 Å². The predicted octanol–water partition coefficient (Wildman–Crippen LogP) is 4.34. The van der Waals surface area contributed by atoms with Crippen molar-refractivity contribution in [2.75, 3.05) is 18.4 Å². The van der Waals surface area contributed by atoms with Crippen LogP contribution in [0.3, 0.4) is 0 Å². The largest absolute Gasteiger partial charge is 0.325 e. The van der Waals surface area contributed by atoms with Crippen molar-refractivity contribution < 1.29 is 13.2 Å². The van der Waals surface area contributed by atoms with E-state index in [1.807, 2.05) is 26.0 Å². The maximum atomic E-state index is 12.9. The second-order valence-electron chi connectivity index (χ2n) is 5.78. The van der Waals surface area contributed by atoms with Gasteiger partial charge in [0.25, 0.3) is 0 Å². The fourth-order valence-electron chi connectivity index (χ4n) is 2.38. The van der Waals surface area contributed by atoms with Gasteiger partial charge in [0.15, 0.2) is 0 Å². The van der Waals surface area contributed by atoms with E-state index in [-0.39, 0.29) is 28.0 Å². The molecule has 5 nitrogen and oxygen atoms in total. The van der Waals surface area contributed by atoms with Crippen LogP contribution < -0.4 is 5.32 Å². The standard InChI is InChI=1S/C18H20Cl2N2O3S/c1-3-10-22(12-18(23)21-17-7-5-4-6-13(17)2)26(24,25)14-8-9-15(19)16(20)11-14/h4-9,11H,3,10,12H2,1-2H3,(H,21,23). The average Bonchev–Trinajstić information content (AvgIpc) is 2.59. The number of carbonyl (C=O) groups excluding carboxylic acids is 1. The van der Waals surface area contributed by atoms with Crippen molar-refractivity contribution >= 4 is 44.8 Å². The topological polar surface area (TPSA) is 66.5 Å². The number of para-hydroxylation sites is 1. The van der Waals surface area contributed by atoms with E-state index in [1.54, 1.807) is 12.1 Å². The van der Waals surface area contributed by atoms with Crippen LogP contribution in [0.4, 0.5) is 5.69 Å². The molecule has 0 heterocycles. The molecule has 2 aromatic rings. The lowest BCUT2D eigenvalue weighted by Crippen LogP contribution is -2.38. The molecule has 0 atom stereocenters. The van der Waals surface area contributed by atoms with Crippen molar-refractivity contribution in [1.82, 2.24) is 4.31 Å². The molecule has 2 rings (SSSR count). The lowest BCUT2D eigenvalue weighted by molar-refractivity contribution is -0.116. The molecule has 26 heavy (non-hydrogen) atoms. The number of nitrogens with zero attached hydrogens (tertiary/aromatic N) is 1. The fourth-order valence-corrected chi connectivity index (χ4v) is 4.26. The molecule has 140 valence electrons. The highest BCUT2D eigenvalue weighted by atomic mass is 35.5. The zero-order chi connectivity index (χ0) is 19.3. The highest BCUT2D eigenvalue weighted by molar-refractivity contribution is 7.89. The van der Waals surface area contributed by atoms with Crippen molar-refractivity contribution in [2.24, 2.45) is 0 Å². The Bertz CT molecular complexity index is 901. The molecule has 0 saturated carbocycles. The molecule has 1 amide bonds. The van der Waals surface area contributed by atoms with Gasteiger partial charge in [0, 0.05) is 12.2 Å². The molecule has 1 N–H and O–H groups in total. The fraction of sp³-hybridized carbons (Fsp3) is 0.278. The Morgan fingerprint density at radius 2 is 1.81 bits per heavy atom. The second-order valence-corrected chi connectivity index (χ2v) is 8.53. The Morgan fingerprint density at radius 3 is 2.42 bits per heavy atom. The summed E-state index contributed by atoms with van der Waals surface area (Å²) in [5.41, 5.74) is 1.55. The van der Waals surface area contributed by atoms with E-state index < -0.39 is 15.9 Å². The lowest BCUT2D eigenvalue weighted by Gasteiger charge is -2.21. The van der Waals surface area contributed by atoms with Gasteiger partial charge in [0.2, 0.25) is 15.9 Å². The van der Waals surface area contributed by atoms with E-state index >= 15 is 0 Å². The van der Waals surface area contributed by atoms with Gasteiger partial charge >= 0.3 is 0 Å². The Hall–Kier alpha value is -1.60. The van der Waals surface area contributed by atoms with Crippen LogP contribution in [-0.2, 0) is 14.8 Å². The number of halogens is 2. The van der Waals surface area contributed by atoms with Gasteiger partial charge < -0.3 is 5.32 Å². The van der Waals surface area contributed by atoms with Crippen LogP contribution in [-0.4, -0.2) is 31.7 Å². The smallest absolute Gasteiger partial charge is 0.243 e. The van der Waals surface area contributed by atoms with Crippen molar-refractivity contribution in [1.29, 1.82) is 0 Å². The normalized spacial score (nSPS) is 11.6. The van der Waals surface area contributed by atoms with Crippen LogP contribution in [0.1, 0.15) is 18.9 Å². The maximum Gasteiger partial charge on any atom is 0.243 e. The third-order valence-electron chi connectivity index (χ3n) is 3.74. The minimum atomic E-state index is -3.87. The number of anilines is 1. The van der Waals surface area contributed by atoms with E-state index in [0.717, 1.165) is 9.87 Å². The Labute approximate surface area is 164 Å². The van der Waals surface area contributed by atoms with Crippen molar-refractivity contribution in [2.45, 2.75) is 25.2 Å². The Kier molecular flexibility index (Phi) is 7.06. The van der Waals surface area contributed by atoms with Gasteiger partial charge in [-0.1, -0.05) is 48.3 Å². The van der Waals surface area contributed by atoms with Crippen LogP contribution in [0, 0.1) is 6.92 Å². The van der Waals surface area contributed by atoms with Crippen LogP contribution in [0.15, 0.2) is 47.4 Å². The van der Waals surface area contributed by atoms with Crippen molar-refractivity contribution in [3.8, 4) is 0 Å². The van der Waals surface area contributed by atoms with Gasteiger partial charge in [0.05, 0.1) is 21.5 Å². The highest BCUT2D eigenvalue weighted by Gasteiger charge is 2.26. The van der Waals surface area contributed by atoms with Gasteiger partial charge in [-0.3, -0.25) is 4.79 Å². The van der Waals surface area contributed by atoms with E-state index in [1.165, 1.54) is 18.2 Å². The number of nitrogens with one attached hydrogen (secondary N) is 1. The molecule has 2 aromatic carbocycles. The molecule has 8 heteroatoms. The molecule has 0 radical (unpaired) electrons. The van der Waals surface area contributed by atoms with Gasteiger partial charge in [-0.25, -0.2) is 8.42 Å². The summed E-state index contributed by atoms with van der Waals surface area (Å²) in [6.45, 7) is 3.64. The minimum absolute atomic E-state index is 0.00374. The third-order valence-corrected chi connectivity index (χ3v) is 6.32. The van der Waals surface area contributed by atoms with Gasteiger partial charge in [-0.05, 0) is 43.2 Å². The number of sulfonamides is 1. The van der Waals surface area contributed by atoms with E-state index in [0.29, 0.717) is 12.1 Å². The van der Waals surface area contributed by atoms with E-state index in [9.17, 15) is 13.2 Å². The quantitative estimate of drug-likeness (QED) is 0.732. The summed E-state index contributed by atoms with van der Waals surface area (Å²) in [5.74, 6) is -0.406. The third kappa shape index (κ3) is 4.98. The summed E-state index contributed by atoms with van der Waals surface area (Å²) in [7, 11) is -3.87. The first-order chi connectivity index (χ1) is 12.3. The van der Waals surface area contributed by atoms with Crippen LogP contribution in [0.2, 0.25) is 10.0 Å². The first kappa shape index (κ1) is 20.7. The summed E-state index contributed by atoms with van der Waals surface area (Å²) < 4.78 is 26.9. The number of benzene rings is 2. The zero-order valence-electron chi connectivity index (χ0n) is 14.5. The number of rotatable bonds is 7. The molecule has 0 aliphatic heterocycles. The molecule has 0 aromatic heterocycles. The molecular weight excluding hydrogens is 395 g/mol. The summed E-state index contributed by atoms with van der Waals surface area (Å²) in [6, 6.07) is 11.4. The molecule has 0 aliphatic carbocycles. The lowest BCUT2D eigenvalue weighted by atomic mass is 10.2. The number of carbonyl (C=O) groups is 1. The van der Waals surface area contributed by atoms with Crippen molar-refractivity contribution in [3.05, 3.63) is 58.1 Å². The summed E-state index contributed by atoms with van der Waals surface area (Å²) in [4.78, 5) is 12.4. The number of aryl methyl sites for hydroxylation is 1.